The molecule has 0 aromatic heterocycles. The Morgan fingerprint density at radius 2 is 1.73 bits per heavy atom. The van der Waals surface area contributed by atoms with Gasteiger partial charge in [-0.2, -0.15) is 12.6 Å². The Morgan fingerprint density at radius 3 is 2.09 bits per heavy atom. The van der Waals surface area contributed by atoms with Crippen molar-refractivity contribution < 1.29 is 0 Å². The molecule has 3 heteroatoms. The number of hydrogen-bond acceptors (Lipinski definition) is 3. The molecule has 0 aromatic carbocycles. The third-order valence-electron chi connectivity index (χ3n) is 2.34. The molecule has 1 rings (SSSR count). The smallest absolute Gasteiger partial charge is 0.0415 e. The van der Waals surface area contributed by atoms with Crippen molar-refractivity contribution in [1.82, 2.24) is 9.80 Å². The largest absolute Gasteiger partial charge is 0.298 e. The lowest BCUT2D eigenvalue weighted by atomic mass is 10.2. The second-order valence-corrected chi connectivity index (χ2v) is 3.67. The first-order valence-corrected chi connectivity index (χ1v) is 4.94. The fourth-order valence-corrected chi connectivity index (χ4v) is 1.70. The van der Waals surface area contributed by atoms with Gasteiger partial charge in [-0.1, -0.05) is 0 Å². The van der Waals surface area contributed by atoms with Gasteiger partial charge in [0.25, 0.3) is 0 Å². The molecule has 0 amide bonds. The van der Waals surface area contributed by atoms with Crippen molar-refractivity contribution in [3.8, 4) is 0 Å². The summed E-state index contributed by atoms with van der Waals surface area (Å²) >= 11 is 4.25. The molecule has 1 aliphatic heterocycles. The van der Waals surface area contributed by atoms with Crippen LogP contribution in [0.2, 0.25) is 0 Å². The minimum absolute atomic E-state index is 0.706. The number of nitrogens with zero attached hydrogens (tertiary/aromatic N) is 2. The van der Waals surface area contributed by atoms with Gasteiger partial charge >= 0.3 is 0 Å². The maximum atomic E-state index is 4.25. The highest BCUT2D eigenvalue weighted by molar-refractivity contribution is 7.80. The molecule has 1 aliphatic rings. The van der Waals surface area contributed by atoms with Crippen LogP contribution in [0.15, 0.2) is 0 Å². The van der Waals surface area contributed by atoms with Gasteiger partial charge in [0, 0.05) is 38.1 Å². The normalized spacial score (nSPS) is 22.9. The van der Waals surface area contributed by atoms with Gasteiger partial charge in [-0.05, 0) is 13.8 Å². The molecule has 0 saturated carbocycles. The summed E-state index contributed by atoms with van der Waals surface area (Å²) in [6, 6.07) is 0.706. The molecule has 1 fully saturated rings. The highest BCUT2D eigenvalue weighted by Gasteiger charge is 2.16. The van der Waals surface area contributed by atoms with Gasteiger partial charge in [0.15, 0.2) is 0 Å². The van der Waals surface area contributed by atoms with Crippen LogP contribution in [0.5, 0.6) is 0 Å². The molecule has 0 bridgehead atoms. The van der Waals surface area contributed by atoms with Crippen LogP contribution in [0.3, 0.4) is 0 Å². The molecule has 0 radical (unpaired) electrons. The molecule has 66 valence electrons. The average Bonchev–Trinajstić information content (AvgIpc) is 2.05. The summed E-state index contributed by atoms with van der Waals surface area (Å²) < 4.78 is 0. The van der Waals surface area contributed by atoms with Gasteiger partial charge in [-0.25, -0.2) is 0 Å². The molecule has 11 heavy (non-hydrogen) atoms. The fourth-order valence-electron chi connectivity index (χ4n) is 1.42. The second-order valence-electron chi connectivity index (χ2n) is 3.39. The van der Waals surface area contributed by atoms with E-state index in [2.05, 4.69) is 36.3 Å². The number of piperazine rings is 1. The lowest BCUT2D eigenvalue weighted by molar-refractivity contribution is 0.122. The first-order valence-electron chi connectivity index (χ1n) is 4.31. The van der Waals surface area contributed by atoms with Gasteiger partial charge in [0.05, 0.1) is 0 Å². The van der Waals surface area contributed by atoms with Crippen molar-refractivity contribution in [2.75, 3.05) is 32.1 Å². The van der Waals surface area contributed by atoms with Crippen molar-refractivity contribution in [1.29, 1.82) is 0 Å². The predicted octanol–water partition coefficient (Wildman–Crippen LogP) is 0.900. The van der Waals surface area contributed by atoms with E-state index >= 15 is 0 Å². The molecule has 0 unspecified atom stereocenters. The minimum Gasteiger partial charge on any atom is -0.298 e. The summed E-state index contributed by atoms with van der Waals surface area (Å²) in [5, 5.41) is 0. The zero-order valence-electron chi connectivity index (χ0n) is 7.45. The standard InChI is InChI=1S/C8H18N2S/c1-8(2)10-5-3-9(7-11)4-6-10/h8,11H,3-7H2,1-2H3. The monoisotopic (exact) mass is 174 g/mol. The Balaban J connectivity index is 2.24. The SMILES string of the molecule is CC(C)N1CCN(CS)CC1. The summed E-state index contributed by atoms with van der Waals surface area (Å²) in [5.41, 5.74) is 0. The lowest BCUT2D eigenvalue weighted by Gasteiger charge is -2.36. The van der Waals surface area contributed by atoms with E-state index in [1.807, 2.05) is 0 Å². The van der Waals surface area contributed by atoms with E-state index in [1.54, 1.807) is 0 Å². The summed E-state index contributed by atoms with van der Waals surface area (Å²) in [7, 11) is 0. The molecule has 0 atom stereocenters. The molecule has 2 nitrogen and oxygen atoms in total. The van der Waals surface area contributed by atoms with E-state index in [-0.39, 0.29) is 0 Å². The molecule has 0 spiro atoms. The minimum atomic E-state index is 0.706. The Labute approximate surface area is 75.0 Å². The highest BCUT2D eigenvalue weighted by Crippen LogP contribution is 2.05. The third-order valence-corrected chi connectivity index (χ3v) is 2.74. The summed E-state index contributed by atoms with van der Waals surface area (Å²) in [6.45, 7) is 9.30. The molecular formula is C8H18N2S. The van der Waals surface area contributed by atoms with Gasteiger partial charge < -0.3 is 0 Å². The first kappa shape index (κ1) is 9.36. The van der Waals surface area contributed by atoms with E-state index in [9.17, 15) is 0 Å². The van der Waals surface area contributed by atoms with Gasteiger partial charge in [-0.15, -0.1) is 0 Å². The fraction of sp³-hybridized carbons (Fsp3) is 1.00. The Morgan fingerprint density at radius 1 is 1.18 bits per heavy atom. The van der Waals surface area contributed by atoms with Crippen LogP contribution in [-0.4, -0.2) is 47.9 Å². The quantitative estimate of drug-likeness (QED) is 0.621. The van der Waals surface area contributed by atoms with Crippen LogP contribution in [0.1, 0.15) is 13.8 Å². The Bertz CT molecular complexity index is 109. The highest BCUT2D eigenvalue weighted by atomic mass is 32.1. The van der Waals surface area contributed by atoms with Gasteiger partial charge in [0.2, 0.25) is 0 Å². The topological polar surface area (TPSA) is 6.48 Å². The second kappa shape index (κ2) is 4.33. The summed E-state index contributed by atoms with van der Waals surface area (Å²) in [5.74, 6) is 0.909. The maximum Gasteiger partial charge on any atom is 0.0415 e. The van der Waals surface area contributed by atoms with E-state index in [0.717, 1.165) is 5.88 Å². The molecule has 0 aliphatic carbocycles. The van der Waals surface area contributed by atoms with E-state index < -0.39 is 0 Å². The number of hydrogen-bond donors (Lipinski definition) is 1. The predicted molar refractivity (Wildman–Crippen MR) is 52.1 cm³/mol. The third kappa shape index (κ3) is 2.65. The number of thiol groups is 1. The molecular weight excluding hydrogens is 156 g/mol. The van der Waals surface area contributed by atoms with Crippen LogP contribution in [0, 0.1) is 0 Å². The van der Waals surface area contributed by atoms with E-state index in [1.165, 1.54) is 26.2 Å². The van der Waals surface area contributed by atoms with Crippen LogP contribution in [0.4, 0.5) is 0 Å². The molecule has 0 N–H and O–H groups in total. The van der Waals surface area contributed by atoms with Crippen molar-refractivity contribution in [3.05, 3.63) is 0 Å². The van der Waals surface area contributed by atoms with E-state index in [0.29, 0.717) is 6.04 Å². The van der Waals surface area contributed by atoms with Gasteiger partial charge in [-0.3, -0.25) is 9.80 Å². The average molecular weight is 174 g/mol. The zero-order valence-corrected chi connectivity index (χ0v) is 8.35. The zero-order chi connectivity index (χ0) is 8.27. The molecule has 1 heterocycles. The van der Waals surface area contributed by atoms with Crippen LogP contribution in [-0.2, 0) is 0 Å². The van der Waals surface area contributed by atoms with Crippen molar-refractivity contribution in [2.24, 2.45) is 0 Å². The number of rotatable bonds is 2. The van der Waals surface area contributed by atoms with Crippen molar-refractivity contribution in [2.45, 2.75) is 19.9 Å². The molecule has 1 saturated heterocycles. The first-order chi connectivity index (χ1) is 5.24. The Hall–Kier alpha value is 0.270. The van der Waals surface area contributed by atoms with Gasteiger partial charge in [0.1, 0.15) is 0 Å². The van der Waals surface area contributed by atoms with Crippen LogP contribution in [0.25, 0.3) is 0 Å². The van der Waals surface area contributed by atoms with E-state index in [4.69, 9.17) is 0 Å². The summed E-state index contributed by atoms with van der Waals surface area (Å²) in [6.07, 6.45) is 0. The summed E-state index contributed by atoms with van der Waals surface area (Å²) in [4.78, 5) is 4.89. The lowest BCUT2D eigenvalue weighted by Crippen LogP contribution is -2.48. The van der Waals surface area contributed by atoms with Crippen LogP contribution < -0.4 is 0 Å². The van der Waals surface area contributed by atoms with Crippen molar-refractivity contribution in [3.63, 3.8) is 0 Å². The van der Waals surface area contributed by atoms with Crippen molar-refractivity contribution >= 4 is 12.6 Å². The van der Waals surface area contributed by atoms with Crippen LogP contribution >= 0.6 is 12.6 Å². The molecule has 0 aromatic rings. The Kier molecular flexibility index (Phi) is 3.69. The maximum absolute atomic E-state index is 4.25.